The van der Waals surface area contributed by atoms with Crippen molar-refractivity contribution in [3.8, 4) is 27.6 Å². The van der Waals surface area contributed by atoms with E-state index < -0.39 is 11.8 Å². The molecule has 184 valence electrons. The molecule has 4 aromatic rings. The number of carbonyl (C=O) groups is 2. The highest BCUT2D eigenvalue weighted by Gasteiger charge is 2.30. The molecule has 1 aliphatic rings. The Labute approximate surface area is 215 Å². The van der Waals surface area contributed by atoms with Crippen molar-refractivity contribution in [2.24, 2.45) is 0 Å². The highest BCUT2D eigenvalue weighted by Crippen LogP contribution is 2.39. The normalized spacial score (nSPS) is 13.5. The summed E-state index contributed by atoms with van der Waals surface area (Å²) in [5.74, 6) is 0.800. The van der Waals surface area contributed by atoms with Crippen molar-refractivity contribution in [1.29, 1.82) is 0 Å². The minimum absolute atomic E-state index is 0.0921. The lowest BCUT2D eigenvalue weighted by Crippen LogP contribution is -2.36. The minimum Gasteiger partial charge on any atom is -0.492 e. The Morgan fingerprint density at radius 3 is 2.61 bits per heavy atom. The molecule has 0 atom stereocenters. The average Bonchev–Trinajstić information content (AvgIpc) is 3.62. The molecule has 3 N–H and O–H groups in total. The summed E-state index contributed by atoms with van der Waals surface area (Å²) in [6, 6.07) is 11.5. The van der Waals surface area contributed by atoms with Crippen molar-refractivity contribution in [2.45, 2.75) is 6.92 Å². The lowest BCUT2D eigenvalue weighted by molar-refractivity contribution is -0.135. The van der Waals surface area contributed by atoms with Crippen LogP contribution in [-0.2, 0) is 9.59 Å². The number of aromatic nitrogens is 2. The summed E-state index contributed by atoms with van der Waals surface area (Å²) in [4.78, 5) is 36.1. The maximum Gasteiger partial charge on any atom is 0.275 e. The van der Waals surface area contributed by atoms with Gasteiger partial charge in [-0.1, -0.05) is 18.2 Å². The number of aliphatic hydroxyl groups excluding tert-OH is 1. The predicted octanol–water partition coefficient (Wildman–Crippen LogP) is 3.69. The number of carbonyl (C=O) groups excluding carboxylic acids is 2. The number of aliphatic hydroxyl groups is 1. The molecule has 3 aromatic heterocycles. The molecule has 0 radical (unpaired) electrons. The van der Waals surface area contributed by atoms with E-state index in [-0.39, 0.29) is 6.61 Å². The molecule has 0 fully saturated rings. The Morgan fingerprint density at radius 2 is 1.92 bits per heavy atom. The minimum atomic E-state index is -0.436. The molecule has 0 unspecified atom stereocenters. The Bertz CT molecular complexity index is 1430. The number of nitrogens with one attached hydrogen (secondary N) is 2. The first-order chi connectivity index (χ1) is 17.5. The molecule has 1 aromatic carbocycles. The number of hydrazine groups is 1. The van der Waals surface area contributed by atoms with Gasteiger partial charge in [0.25, 0.3) is 11.8 Å². The smallest absolute Gasteiger partial charge is 0.275 e. The van der Waals surface area contributed by atoms with Crippen molar-refractivity contribution < 1.29 is 19.4 Å². The Morgan fingerprint density at radius 1 is 1.08 bits per heavy atom. The molecule has 1 aliphatic heterocycles. The maximum atomic E-state index is 12.5. The number of anilines is 1. The number of fused-ring (bicyclic) bond motifs is 1. The van der Waals surface area contributed by atoms with Crippen LogP contribution in [0.25, 0.3) is 32.0 Å². The van der Waals surface area contributed by atoms with Crippen molar-refractivity contribution >= 4 is 50.5 Å². The first-order valence-electron chi connectivity index (χ1n) is 11.3. The summed E-state index contributed by atoms with van der Waals surface area (Å²) in [7, 11) is 0. The van der Waals surface area contributed by atoms with Crippen LogP contribution in [0.3, 0.4) is 0 Å². The number of imide groups is 1. The summed E-state index contributed by atoms with van der Waals surface area (Å²) in [5, 5.41) is 17.5. The number of hydrogen-bond donors (Lipinski definition) is 3. The fourth-order valence-electron chi connectivity index (χ4n) is 3.73. The molecule has 9 nitrogen and oxygen atoms in total. The molecule has 2 amide bonds. The van der Waals surface area contributed by atoms with Gasteiger partial charge in [0.15, 0.2) is 11.6 Å². The summed E-state index contributed by atoms with van der Waals surface area (Å²) in [6.45, 7) is 3.36. The highest BCUT2D eigenvalue weighted by molar-refractivity contribution is 7.17. The van der Waals surface area contributed by atoms with Crippen LogP contribution in [0.5, 0.6) is 5.75 Å². The summed E-state index contributed by atoms with van der Waals surface area (Å²) in [5.41, 5.74) is 5.14. The van der Waals surface area contributed by atoms with Crippen LogP contribution in [0.4, 0.5) is 5.82 Å². The van der Waals surface area contributed by atoms with E-state index in [0.29, 0.717) is 36.9 Å². The monoisotopic (exact) mass is 521 g/mol. The number of thiophene rings is 2. The van der Waals surface area contributed by atoms with E-state index in [4.69, 9.17) is 19.8 Å². The molecular formula is C25H23N5O4S2. The third-order valence-electron chi connectivity index (χ3n) is 5.50. The van der Waals surface area contributed by atoms with E-state index in [0.717, 1.165) is 37.0 Å². The number of amides is 2. The molecule has 36 heavy (non-hydrogen) atoms. The van der Waals surface area contributed by atoms with Crippen LogP contribution >= 0.6 is 22.7 Å². The zero-order valence-electron chi connectivity index (χ0n) is 19.4. The molecule has 0 saturated heterocycles. The number of ether oxygens (including phenoxy) is 1. The van der Waals surface area contributed by atoms with Gasteiger partial charge >= 0.3 is 0 Å². The van der Waals surface area contributed by atoms with Crippen LogP contribution in [0.15, 0.2) is 58.8 Å². The second-order valence-corrected chi connectivity index (χ2v) is 9.77. The van der Waals surface area contributed by atoms with Crippen molar-refractivity contribution in [3.05, 3.63) is 58.8 Å². The van der Waals surface area contributed by atoms with Gasteiger partial charge in [-0.15, -0.1) is 22.7 Å². The molecule has 0 aliphatic carbocycles. The van der Waals surface area contributed by atoms with E-state index in [1.165, 1.54) is 28.7 Å². The van der Waals surface area contributed by atoms with Gasteiger partial charge in [-0.3, -0.25) is 15.0 Å². The van der Waals surface area contributed by atoms with Crippen LogP contribution in [0.2, 0.25) is 0 Å². The summed E-state index contributed by atoms with van der Waals surface area (Å²) >= 11 is 2.99. The third-order valence-corrected chi connectivity index (χ3v) is 7.23. The predicted molar refractivity (Wildman–Crippen MR) is 141 cm³/mol. The third kappa shape index (κ3) is 4.86. The Kier molecular flexibility index (Phi) is 7.05. The number of rotatable bonds is 10. The molecule has 0 bridgehead atoms. The molecule has 4 heterocycles. The first-order valence-corrected chi connectivity index (χ1v) is 13.0. The van der Waals surface area contributed by atoms with E-state index in [2.05, 4.69) is 10.7 Å². The zero-order valence-corrected chi connectivity index (χ0v) is 21.0. The van der Waals surface area contributed by atoms with Crippen molar-refractivity contribution in [3.63, 3.8) is 0 Å². The summed E-state index contributed by atoms with van der Waals surface area (Å²) in [6.07, 6.45) is 1.31. The second kappa shape index (κ2) is 10.5. The van der Waals surface area contributed by atoms with E-state index in [1.54, 1.807) is 6.92 Å². The van der Waals surface area contributed by atoms with E-state index in [1.807, 2.05) is 47.2 Å². The maximum absolute atomic E-state index is 12.5. The fraction of sp³-hybridized carbons (Fsp3) is 0.200. The van der Waals surface area contributed by atoms with Crippen molar-refractivity contribution in [1.82, 2.24) is 20.3 Å². The van der Waals surface area contributed by atoms with Crippen molar-refractivity contribution in [2.75, 3.05) is 31.7 Å². The highest BCUT2D eigenvalue weighted by atomic mass is 32.1. The lowest BCUT2D eigenvalue weighted by atomic mass is 10.1. The number of hydrogen-bond acceptors (Lipinski definition) is 10. The second-order valence-electron chi connectivity index (χ2n) is 7.97. The largest absolute Gasteiger partial charge is 0.492 e. The average molecular weight is 522 g/mol. The number of nitrogens with zero attached hydrogens (tertiary/aromatic N) is 3. The fourth-order valence-corrected chi connectivity index (χ4v) is 5.33. The Balaban J connectivity index is 1.48. The van der Waals surface area contributed by atoms with Gasteiger partial charge in [-0.2, -0.15) is 5.01 Å². The SMILES string of the molecule is CC1=CC(=O)N(Nc2nc(-c3cccs3)nc3scc(-c4ccc(OCCNCCO)cc4)c23)C1=O. The van der Waals surface area contributed by atoms with Gasteiger partial charge in [0, 0.05) is 35.7 Å². The molecule has 5 rings (SSSR count). The standard InChI is InChI=1S/C25H23N5O4S2/c1-15-13-20(32)30(25(15)33)29-23-21-18(14-36-24(21)28-22(27-23)19-3-2-12-35-19)16-4-6-17(7-5-16)34-11-9-26-8-10-31/h2-7,12-14,26,31H,8-11H2,1H3,(H,27,28,29). The molecule has 0 saturated carbocycles. The molecular weight excluding hydrogens is 498 g/mol. The van der Waals surface area contributed by atoms with Crippen LogP contribution in [-0.4, -0.2) is 58.2 Å². The van der Waals surface area contributed by atoms with Gasteiger partial charge in [0.05, 0.1) is 16.9 Å². The Hall–Kier alpha value is -3.64. The topological polar surface area (TPSA) is 117 Å². The van der Waals surface area contributed by atoms with Gasteiger partial charge in [0.1, 0.15) is 17.2 Å². The van der Waals surface area contributed by atoms with Gasteiger partial charge < -0.3 is 15.2 Å². The first kappa shape index (κ1) is 24.1. The van der Waals surface area contributed by atoms with E-state index >= 15 is 0 Å². The van der Waals surface area contributed by atoms with Gasteiger partial charge in [-0.05, 0) is 36.1 Å². The lowest BCUT2D eigenvalue weighted by Gasteiger charge is -2.18. The van der Waals surface area contributed by atoms with Gasteiger partial charge in [0.2, 0.25) is 0 Å². The molecule has 11 heteroatoms. The van der Waals surface area contributed by atoms with Gasteiger partial charge in [-0.25, -0.2) is 9.97 Å². The van der Waals surface area contributed by atoms with Crippen LogP contribution in [0.1, 0.15) is 6.92 Å². The van der Waals surface area contributed by atoms with E-state index in [9.17, 15) is 9.59 Å². The molecule has 0 spiro atoms. The summed E-state index contributed by atoms with van der Waals surface area (Å²) < 4.78 is 5.75. The quantitative estimate of drug-likeness (QED) is 0.214. The zero-order chi connectivity index (χ0) is 25.1. The van der Waals surface area contributed by atoms with Crippen LogP contribution in [0, 0.1) is 0 Å². The van der Waals surface area contributed by atoms with Crippen LogP contribution < -0.4 is 15.5 Å². The number of benzene rings is 1.